The Morgan fingerprint density at radius 2 is 0.552 bits per heavy atom. The van der Waals surface area contributed by atoms with Crippen molar-refractivity contribution < 1.29 is 80.2 Å². The predicted molar refractivity (Wildman–Crippen MR) is 349 cm³/mol. The minimum absolute atomic E-state index is 0.102. The summed E-state index contributed by atoms with van der Waals surface area (Å²) in [6.07, 6.45) is 44.5. The van der Waals surface area contributed by atoms with E-state index in [1.165, 1.54) is 154 Å². The van der Waals surface area contributed by atoms with Crippen LogP contribution in [-0.2, 0) is 65.4 Å². The Kier molecular flexibility index (Phi) is 59.0. The van der Waals surface area contributed by atoms with Crippen LogP contribution in [0.2, 0.25) is 0 Å². The van der Waals surface area contributed by atoms with E-state index in [9.17, 15) is 43.2 Å². The first-order chi connectivity index (χ1) is 41.9. The molecule has 0 amide bonds. The molecular weight excluding hydrogens is 1150 g/mol. The summed E-state index contributed by atoms with van der Waals surface area (Å²) in [7, 11) is -9.89. The second-order valence-electron chi connectivity index (χ2n) is 25.0. The molecule has 7 atom stereocenters. The largest absolute Gasteiger partial charge is 0.472 e. The number of phosphoric ester groups is 2. The van der Waals surface area contributed by atoms with Crippen LogP contribution in [0.5, 0.6) is 0 Å². The van der Waals surface area contributed by atoms with E-state index in [-0.39, 0.29) is 25.7 Å². The molecule has 0 heterocycles. The van der Waals surface area contributed by atoms with Crippen LogP contribution in [-0.4, -0.2) is 96.7 Å². The Hall–Kier alpha value is -1.94. The molecule has 0 aliphatic carbocycles. The lowest BCUT2D eigenvalue weighted by Crippen LogP contribution is -2.30. The van der Waals surface area contributed by atoms with Gasteiger partial charge in [-0.1, -0.05) is 292 Å². The molecule has 0 aliphatic rings. The zero-order chi connectivity index (χ0) is 64.3. The van der Waals surface area contributed by atoms with Crippen LogP contribution in [0.4, 0.5) is 0 Å². The summed E-state index contributed by atoms with van der Waals surface area (Å²) < 4.78 is 68.2. The van der Waals surface area contributed by atoms with E-state index >= 15 is 0 Å². The van der Waals surface area contributed by atoms with Crippen molar-refractivity contribution in [3.05, 3.63) is 0 Å². The van der Waals surface area contributed by atoms with Crippen LogP contribution in [0.15, 0.2) is 0 Å². The fourth-order valence-electron chi connectivity index (χ4n) is 10.2. The second-order valence-corrected chi connectivity index (χ2v) is 28.0. The van der Waals surface area contributed by atoms with Crippen molar-refractivity contribution in [1.29, 1.82) is 0 Å². The van der Waals surface area contributed by atoms with Crippen LogP contribution >= 0.6 is 15.6 Å². The van der Waals surface area contributed by atoms with Crippen molar-refractivity contribution in [3.8, 4) is 0 Å². The molecule has 0 fully saturated rings. The smallest absolute Gasteiger partial charge is 0.462 e. The van der Waals surface area contributed by atoms with Crippen molar-refractivity contribution >= 4 is 39.5 Å². The molecule has 0 radical (unpaired) electrons. The number of aliphatic hydroxyl groups excluding tert-OH is 1. The maximum Gasteiger partial charge on any atom is 0.472 e. The normalized spacial score (nSPS) is 14.8. The van der Waals surface area contributed by atoms with Gasteiger partial charge in [-0.25, -0.2) is 9.13 Å². The Bertz CT molecular complexity index is 1700. The summed E-state index contributed by atoms with van der Waals surface area (Å²) in [6, 6.07) is 0. The minimum atomic E-state index is -4.95. The molecule has 0 bridgehead atoms. The number of phosphoric acid groups is 2. The SMILES string of the molecule is CCCCCCCCCCCCCCCCCCC(=O)O[C@H](COC(=O)CCCCCCCCCCCCC)COP(=O)(O)OC[C@@H](O)COP(=O)(O)OC[C@@H](COC(=O)CCCCCCCCC(C)CC)OC(=O)CCCCCCCCC(C)CC. The molecule has 0 spiro atoms. The molecular formula is C68H132O17P2. The minimum Gasteiger partial charge on any atom is -0.462 e. The molecule has 0 aromatic carbocycles. The van der Waals surface area contributed by atoms with Crippen molar-refractivity contribution in [2.24, 2.45) is 11.8 Å². The van der Waals surface area contributed by atoms with Gasteiger partial charge >= 0.3 is 39.5 Å². The number of hydrogen-bond acceptors (Lipinski definition) is 15. The lowest BCUT2D eigenvalue weighted by molar-refractivity contribution is -0.161. The average molecular weight is 1280 g/mol. The van der Waals surface area contributed by atoms with E-state index in [1.54, 1.807) is 0 Å². The third-order valence-electron chi connectivity index (χ3n) is 16.4. The number of carbonyl (C=O) groups is 4. The second kappa shape index (κ2) is 60.3. The third kappa shape index (κ3) is 60.1. The van der Waals surface area contributed by atoms with Gasteiger partial charge in [0.15, 0.2) is 12.2 Å². The standard InChI is InChI=1S/C68H132O17P2/c1-7-11-13-15-17-19-21-22-23-24-25-27-29-31-40-46-52-67(72)84-63(56-78-65(70)50-44-38-30-28-26-20-18-16-14-12-8-2)58-82-86(74,75)80-54-62(69)55-81-87(76,77)83-59-64(85-68(73)53-47-41-35-33-37-43-49-61(6)10-4)57-79-66(71)51-45-39-34-32-36-42-48-60(5)9-3/h60-64,69H,7-59H2,1-6H3,(H,74,75)(H,76,77)/t60?,61?,62-,63-,64-/m1/s1. The molecule has 0 aromatic heterocycles. The molecule has 19 heteroatoms. The van der Waals surface area contributed by atoms with Crippen LogP contribution < -0.4 is 0 Å². The number of aliphatic hydroxyl groups is 1. The number of esters is 4. The lowest BCUT2D eigenvalue weighted by Gasteiger charge is -2.21. The van der Waals surface area contributed by atoms with Gasteiger partial charge in [-0.05, 0) is 37.5 Å². The molecule has 0 aliphatic heterocycles. The maximum atomic E-state index is 13.0. The molecule has 3 N–H and O–H groups in total. The number of rotatable bonds is 67. The zero-order valence-electron chi connectivity index (χ0n) is 56.3. The van der Waals surface area contributed by atoms with Gasteiger partial charge in [-0.15, -0.1) is 0 Å². The summed E-state index contributed by atoms with van der Waals surface area (Å²) in [5.74, 6) is -0.679. The van der Waals surface area contributed by atoms with E-state index in [0.717, 1.165) is 108 Å². The predicted octanol–water partition coefficient (Wildman–Crippen LogP) is 19.2. The van der Waals surface area contributed by atoms with E-state index < -0.39 is 97.5 Å². The number of carbonyl (C=O) groups excluding carboxylic acids is 4. The number of unbranched alkanes of at least 4 members (excludes halogenated alkanes) is 35. The van der Waals surface area contributed by atoms with Crippen LogP contribution in [0.1, 0.15) is 343 Å². The van der Waals surface area contributed by atoms with Crippen molar-refractivity contribution in [1.82, 2.24) is 0 Å². The van der Waals surface area contributed by atoms with Crippen LogP contribution in [0.3, 0.4) is 0 Å². The quantitative estimate of drug-likeness (QED) is 0.0222. The van der Waals surface area contributed by atoms with Gasteiger partial charge < -0.3 is 33.8 Å². The maximum absolute atomic E-state index is 13.0. The topological polar surface area (TPSA) is 237 Å². The zero-order valence-corrected chi connectivity index (χ0v) is 58.1. The van der Waals surface area contributed by atoms with Gasteiger partial charge in [0.05, 0.1) is 26.4 Å². The van der Waals surface area contributed by atoms with E-state index in [0.29, 0.717) is 25.7 Å². The van der Waals surface area contributed by atoms with Crippen molar-refractivity contribution in [2.75, 3.05) is 39.6 Å². The third-order valence-corrected chi connectivity index (χ3v) is 18.3. The molecule has 0 aromatic rings. The summed E-state index contributed by atoms with van der Waals surface area (Å²) in [6.45, 7) is 9.44. The summed E-state index contributed by atoms with van der Waals surface area (Å²) in [4.78, 5) is 72.4. The van der Waals surface area contributed by atoms with Gasteiger partial charge in [0.1, 0.15) is 19.3 Å². The van der Waals surface area contributed by atoms with Crippen molar-refractivity contribution in [2.45, 2.75) is 362 Å². The first-order valence-electron chi connectivity index (χ1n) is 35.6. The fraction of sp³-hybridized carbons (Fsp3) is 0.941. The lowest BCUT2D eigenvalue weighted by atomic mass is 10.00. The highest BCUT2D eigenvalue weighted by atomic mass is 31.2. The van der Waals surface area contributed by atoms with E-state index in [2.05, 4.69) is 41.5 Å². The summed E-state index contributed by atoms with van der Waals surface area (Å²) in [5, 5.41) is 10.6. The number of hydrogen-bond donors (Lipinski definition) is 3. The summed E-state index contributed by atoms with van der Waals surface area (Å²) >= 11 is 0. The molecule has 0 saturated carbocycles. The molecule has 4 unspecified atom stereocenters. The van der Waals surface area contributed by atoms with Gasteiger partial charge in [-0.3, -0.25) is 37.3 Å². The molecule has 0 rings (SSSR count). The van der Waals surface area contributed by atoms with E-state index in [1.807, 2.05) is 0 Å². The first-order valence-corrected chi connectivity index (χ1v) is 38.6. The highest BCUT2D eigenvalue weighted by molar-refractivity contribution is 7.47. The van der Waals surface area contributed by atoms with E-state index in [4.69, 9.17) is 37.0 Å². The molecule has 87 heavy (non-hydrogen) atoms. The average Bonchev–Trinajstić information content (AvgIpc) is 3.71. The van der Waals surface area contributed by atoms with Gasteiger partial charge in [0, 0.05) is 25.7 Å². The Balaban J connectivity index is 5.24. The molecule has 17 nitrogen and oxygen atoms in total. The Labute approximate surface area is 530 Å². The molecule has 0 saturated heterocycles. The fourth-order valence-corrected chi connectivity index (χ4v) is 11.8. The Morgan fingerprint density at radius 1 is 0.322 bits per heavy atom. The Morgan fingerprint density at radius 3 is 0.816 bits per heavy atom. The van der Waals surface area contributed by atoms with Crippen molar-refractivity contribution in [3.63, 3.8) is 0 Å². The monoisotopic (exact) mass is 1280 g/mol. The van der Waals surface area contributed by atoms with Gasteiger partial charge in [-0.2, -0.15) is 0 Å². The van der Waals surface area contributed by atoms with Crippen LogP contribution in [0, 0.1) is 11.8 Å². The first kappa shape index (κ1) is 85.1. The summed E-state index contributed by atoms with van der Waals surface area (Å²) in [5.41, 5.74) is 0. The van der Waals surface area contributed by atoms with Gasteiger partial charge in [0.2, 0.25) is 0 Å². The molecule has 516 valence electrons. The highest BCUT2D eigenvalue weighted by Gasteiger charge is 2.30. The number of ether oxygens (including phenoxy) is 4. The highest BCUT2D eigenvalue weighted by Crippen LogP contribution is 2.45. The van der Waals surface area contributed by atoms with Crippen LogP contribution in [0.25, 0.3) is 0 Å². The van der Waals surface area contributed by atoms with Gasteiger partial charge in [0.25, 0.3) is 0 Å².